The number of aromatic nitrogens is 1. The van der Waals surface area contributed by atoms with Gasteiger partial charge in [-0.25, -0.2) is 0 Å². The molecule has 2 heteroatoms. The zero-order valence-corrected chi connectivity index (χ0v) is 8.29. The summed E-state index contributed by atoms with van der Waals surface area (Å²) in [6.07, 6.45) is 4.18. The summed E-state index contributed by atoms with van der Waals surface area (Å²) < 4.78 is 2.06. The van der Waals surface area contributed by atoms with Crippen molar-refractivity contribution in [2.75, 3.05) is 0 Å². The second kappa shape index (κ2) is 3.71. The number of rotatable bonds is 2. The van der Waals surface area contributed by atoms with E-state index < -0.39 is 0 Å². The first-order valence-electron chi connectivity index (χ1n) is 4.19. The molecule has 0 radical (unpaired) electrons. The number of hydrogen-bond acceptors (Lipinski definition) is 1. The smallest absolute Gasteiger partial charge is 0.0299 e. The van der Waals surface area contributed by atoms with Crippen molar-refractivity contribution in [2.45, 2.75) is 9.79 Å². The van der Waals surface area contributed by atoms with Crippen LogP contribution in [-0.4, -0.2) is 4.57 Å². The third-order valence-corrected chi connectivity index (χ3v) is 2.77. The van der Waals surface area contributed by atoms with Crippen LogP contribution in [0.25, 0.3) is 0 Å². The normalized spacial score (nSPS) is 10.2. The molecule has 0 aliphatic heterocycles. The van der Waals surface area contributed by atoms with Gasteiger partial charge in [0, 0.05) is 29.2 Å². The molecule has 0 atom stereocenters. The zero-order valence-electron chi connectivity index (χ0n) is 7.47. The molecular formula is C11H11NS. The quantitative estimate of drug-likeness (QED) is 0.702. The summed E-state index contributed by atoms with van der Waals surface area (Å²) in [5, 5.41) is 0. The number of aryl methyl sites for hydroxylation is 1. The van der Waals surface area contributed by atoms with Crippen molar-refractivity contribution in [3.63, 3.8) is 0 Å². The summed E-state index contributed by atoms with van der Waals surface area (Å²) in [4.78, 5) is 2.57. The largest absolute Gasteiger partial charge is 0.356 e. The van der Waals surface area contributed by atoms with Crippen molar-refractivity contribution in [1.82, 2.24) is 4.57 Å². The lowest BCUT2D eigenvalue weighted by molar-refractivity contribution is 0.920. The lowest BCUT2D eigenvalue weighted by Crippen LogP contribution is -1.77. The van der Waals surface area contributed by atoms with Gasteiger partial charge >= 0.3 is 0 Å². The van der Waals surface area contributed by atoms with Crippen LogP contribution in [0.15, 0.2) is 58.6 Å². The second-order valence-electron chi connectivity index (χ2n) is 2.93. The fourth-order valence-corrected chi connectivity index (χ4v) is 2.08. The van der Waals surface area contributed by atoms with Crippen LogP contribution in [0.4, 0.5) is 0 Å². The molecule has 0 N–H and O–H groups in total. The molecule has 1 heterocycles. The van der Waals surface area contributed by atoms with E-state index in [0.717, 1.165) is 0 Å². The van der Waals surface area contributed by atoms with Crippen LogP contribution in [0.3, 0.4) is 0 Å². The minimum atomic E-state index is 1.29. The predicted octanol–water partition coefficient (Wildman–Crippen LogP) is 3.18. The molecule has 0 aliphatic rings. The molecule has 1 aromatic heterocycles. The average molecular weight is 189 g/mol. The van der Waals surface area contributed by atoms with E-state index in [0.29, 0.717) is 0 Å². The van der Waals surface area contributed by atoms with Crippen LogP contribution in [0.1, 0.15) is 0 Å². The van der Waals surface area contributed by atoms with Gasteiger partial charge in [-0.2, -0.15) is 0 Å². The van der Waals surface area contributed by atoms with Crippen LogP contribution < -0.4 is 0 Å². The summed E-state index contributed by atoms with van der Waals surface area (Å²) in [5.74, 6) is 0. The molecular weight excluding hydrogens is 178 g/mol. The summed E-state index contributed by atoms with van der Waals surface area (Å²) in [5.41, 5.74) is 0. The monoisotopic (exact) mass is 189 g/mol. The maximum Gasteiger partial charge on any atom is 0.0299 e. The van der Waals surface area contributed by atoms with Gasteiger partial charge in [0.25, 0.3) is 0 Å². The van der Waals surface area contributed by atoms with Crippen molar-refractivity contribution in [1.29, 1.82) is 0 Å². The Morgan fingerprint density at radius 3 is 2.38 bits per heavy atom. The maximum absolute atomic E-state index is 2.12. The van der Waals surface area contributed by atoms with Gasteiger partial charge in [-0.15, -0.1) is 0 Å². The molecule has 2 rings (SSSR count). The SMILES string of the molecule is Cn1ccc(Sc2ccccc2)c1. The van der Waals surface area contributed by atoms with Crippen LogP contribution in [0, 0.1) is 0 Å². The van der Waals surface area contributed by atoms with Gasteiger partial charge < -0.3 is 4.57 Å². The molecule has 0 saturated carbocycles. The van der Waals surface area contributed by atoms with Crippen molar-refractivity contribution in [2.24, 2.45) is 7.05 Å². The van der Waals surface area contributed by atoms with Crippen LogP contribution in [-0.2, 0) is 7.05 Å². The molecule has 1 nitrogen and oxygen atoms in total. The zero-order chi connectivity index (χ0) is 9.10. The van der Waals surface area contributed by atoms with E-state index >= 15 is 0 Å². The van der Waals surface area contributed by atoms with Gasteiger partial charge in [-0.05, 0) is 18.2 Å². The first-order chi connectivity index (χ1) is 6.34. The van der Waals surface area contributed by atoms with Crippen molar-refractivity contribution in [3.8, 4) is 0 Å². The molecule has 0 unspecified atom stereocenters. The molecule has 0 amide bonds. The Balaban J connectivity index is 2.15. The van der Waals surface area contributed by atoms with Gasteiger partial charge in [0.2, 0.25) is 0 Å². The van der Waals surface area contributed by atoms with Crippen molar-refractivity contribution < 1.29 is 0 Å². The second-order valence-corrected chi connectivity index (χ2v) is 4.07. The van der Waals surface area contributed by atoms with Crippen LogP contribution in [0.2, 0.25) is 0 Å². The van der Waals surface area contributed by atoms with Crippen molar-refractivity contribution >= 4 is 11.8 Å². The predicted molar refractivity (Wildman–Crippen MR) is 56.0 cm³/mol. The lowest BCUT2D eigenvalue weighted by Gasteiger charge is -1.96. The lowest BCUT2D eigenvalue weighted by atomic mass is 10.4. The summed E-state index contributed by atoms with van der Waals surface area (Å²) >= 11 is 1.79. The first kappa shape index (κ1) is 8.45. The first-order valence-corrected chi connectivity index (χ1v) is 5.01. The fourth-order valence-electron chi connectivity index (χ4n) is 1.16. The number of nitrogens with zero attached hydrogens (tertiary/aromatic N) is 1. The van der Waals surface area contributed by atoms with Crippen molar-refractivity contribution in [3.05, 3.63) is 48.8 Å². The van der Waals surface area contributed by atoms with Gasteiger partial charge in [0.05, 0.1) is 0 Å². The Morgan fingerprint density at radius 2 is 1.77 bits per heavy atom. The van der Waals surface area contributed by atoms with E-state index in [4.69, 9.17) is 0 Å². The molecule has 0 fully saturated rings. The minimum absolute atomic E-state index is 1.29. The molecule has 13 heavy (non-hydrogen) atoms. The fraction of sp³-hybridized carbons (Fsp3) is 0.0909. The Bertz CT molecular complexity index is 378. The highest BCUT2D eigenvalue weighted by Crippen LogP contribution is 2.26. The summed E-state index contributed by atoms with van der Waals surface area (Å²) in [6, 6.07) is 12.5. The summed E-state index contributed by atoms with van der Waals surface area (Å²) in [7, 11) is 2.04. The van der Waals surface area contributed by atoms with E-state index in [1.165, 1.54) is 9.79 Å². The third-order valence-electron chi connectivity index (χ3n) is 1.78. The highest BCUT2D eigenvalue weighted by atomic mass is 32.2. The van der Waals surface area contributed by atoms with Gasteiger partial charge in [0.1, 0.15) is 0 Å². The molecule has 66 valence electrons. The van der Waals surface area contributed by atoms with Crippen LogP contribution >= 0.6 is 11.8 Å². The van der Waals surface area contributed by atoms with Crippen LogP contribution in [0.5, 0.6) is 0 Å². The molecule has 1 aromatic carbocycles. The number of hydrogen-bond donors (Lipinski definition) is 0. The molecule has 0 saturated heterocycles. The molecule has 0 bridgehead atoms. The highest BCUT2D eigenvalue weighted by Gasteiger charge is 1.96. The third kappa shape index (κ3) is 2.16. The van der Waals surface area contributed by atoms with E-state index in [1.807, 2.05) is 13.1 Å². The van der Waals surface area contributed by atoms with E-state index in [1.54, 1.807) is 11.8 Å². The van der Waals surface area contributed by atoms with E-state index in [2.05, 4.69) is 47.3 Å². The molecule has 0 spiro atoms. The Morgan fingerprint density at radius 1 is 1.00 bits per heavy atom. The van der Waals surface area contributed by atoms with E-state index in [9.17, 15) is 0 Å². The van der Waals surface area contributed by atoms with E-state index in [-0.39, 0.29) is 0 Å². The Labute approximate surface area is 82.4 Å². The average Bonchev–Trinajstić information content (AvgIpc) is 2.53. The van der Waals surface area contributed by atoms with Gasteiger partial charge in [0.15, 0.2) is 0 Å². The highest BCUT2D eigenvalue weighted by molar-refractivity contribution is 7.99. The maximum atomic E-state index is 2.12. The summed E-state index contributed by atoms with van der Waals surface area (Å²) in [6.45, 7) is 0. The Kier molecular flexibility index (Phi) is 2.41. The topological polar surface area (TPSA) is 4.93 Å². The molecule has 2 aromatic rings. The Hall–Kier alpha value is -1.15. The standard InChI is InChI=1S/C11H11NS/c1-12-8-7-11(9-12)13-10-5-3-2-4-6-10/h2-9H,1H3. The van der Waals surface area contributed by atoms with Gasteiger partial charge in [-0.3, -0.25) is 0 Å². The molecule has 0 aliphatic carbocycles. The minimum Gasteiger partial charge on any atom is -0.356 e. The number of benzene rings is 1. The van der Waals surface area contributed by atoms with Gasteiger partial charge in [-0.1, -0.05) is 30.0 Å².